The molecule has 1 heterocycles. The van der Waals surface area contributed by atoms with E-state index in [1.807, 2.05) is 13.8 Å². The van der Waals surface area contributed by atoms with Crippen molar-refractivity contribution in [2.24, 2.45) is 0 Å². The van der Waals surface area contributed by atoms with Crippen molar-refractivity contribution >= 4 is 11.8 Å². The summed E-state index contributed by atoms with van der Waals surface area (Å²) in [5, 5.41) is 3.08. The van der Waals surface area contributed by atoms with E-state index in [1.165, 1.54) is 0 Å². The molecule has 0 bridgehead atoms. The maximum Gasteiger partial charge on any atom is 0.221 e. The first kappa shape index (κ1) is 10.7. The van der Waals surface area contributed by atoms with Crippen molar-refractivity contribution in [2.45, 2.75) is 20.0 Å². The van der Waals surface area contributed by atoms with Crippen LogP contribution in [0.15, 0.2) is 12.3 Å². The van der Waals surface area contributed by atoms with Gasteiger partial charge in [-0.1, -0.05) is 0 Å². The lowest BCUT2D eigenvalue weighted by Crippen LogP contribution is -2.14. The third-order valence-corrected chi connectivity index (χ3v) is 1.53. The molecule has 5 heteroatoms. The average Bonchev–Trinajstić information content (AvgIpc) is 2.12. The molecule has 0 spiro atoms. The number of anilines is 2. The van der Waals surface area contributed by atoms with Gasteiger partial charge in [-0.25, -0.2) is 4.98 Å². The Morgan fingerprint density at radius 3 is 3.00 bits per heavy atom. The smallest absolute Gasteiger partial charge is 0.221 e. The van der Waals surface area contributed by atoms with Crippen LogP contribution in [-0.2, 0) is 4.74 Å². The lowest BCUT2D eigenvalue weighted by Gasteiger charge is -2.08. The SMILES string of the molecule is CC(C)OCCNc1ccnc(N)n1. The van der Waals surface area contributed by atoms with E-state index < -0.39 is 0 Å². The number of hydrogen-bond acceptors (Lipinski definition) is 5. The highest BCUT2D eigenvalue weighted by molar-refractivity contribution is 5.37. The first-order valence-electron chi connectivity index (χ1n) is 4.62. The van der Waals surface area contributed by atoms with Crippen molar-refractivity contribution in [3.63, 3.8) is 0 Å². The van der Waals surface area contributed by atoms with Gasteiger partial charge in [-0.15, -0.1) is 0 Å². The van der Waals surface area contributed by atoms with Crippen molar-refractivity contribution in [1.29, 1.82) is 0 Å². The molecule has 0 aromatic carbocycles. The maximum atomic E-state index is 5.42. The molecule has 14 heavy (non-hydrogen) atoms. The predicted molar refractivity (Wildman–Crippen MR) is 56.0 cm³/mol. The zero-order chi connectivity index (χ0) is 10.4. The summed E-state index contributed by atoms with van der Waals surface area (Å²) in [4.78, 5) is 7.78. The zero-order valence-corrected chi connectivity index (χ0v) is 8.53. The lowest BCUT2D eigenvalue weighted by molar-refractivity contribution is 0.0870. The second-order valence-electron chi connectivity index (χ2n) is 3.15. The summed E-state index contributed by atoms with van der Waals surface area (Å²) >= 11 is 0. The molecule has 5 nitrogen and oxygen atoms in total. The van der Waals surface area contributed by atoms with E-state index >= 15 is 0 Å². The molecule has 0 aliphatic carbocycles. The van der Waals surface area contributed by atoms with E-state index in [0.717, 1.165) is 5.82 Å². The maximum absolute atomic E-state index is 5.42. The molecule has 0 atom stereocenters. The third kappa shape index (κ3) is 4.04. The molecule has 0 saturated heterocycles. The van der Waals surface area contributed by atoms with Crippen molar-refractivity contribution in [1.82, 2.24) is 9.97 Å². The molecule has 0 unspecified atom stereocenters. The van der Waals surface area contributed by atoms with Gasteiger partial charge in [0.15, 0.2) is 0 Å². The number of nitrogen functional groups attached to an aromatic ring is 1. The third-order valence-electron chi connectivity index (χ3n) is 1.53. The molecule has 0 saturated carbocycles. The lowest BCUT2D eigenvalue weighted by atomic mass is 10.5. The minimum absolute atomic E-state index is 0.257. The van der Waals surface area contributed by atoms with Crippen LogP contribution in [0.5, 0.6) is 0 Å². The summed E-state index contributed by atoms with van der Waals surface area (Å²) in [5.74, 6) is 1.00. The van der Waals surface area contributed by atoms with Gasteiger partial charge in [0.1, 0.15) is 5.82 Å². The summed E-state index contributed by atoms with van der Waals surface area (Å²) in [7, 11) is 0. The fraction of sp³-hybridized carbons (Fsp3) is 0.556. The molecule has 0 aliphatic rings. The van der Waals surface area contributed by atoms with Crippen molar-refractivity contribution < 1.29 is 4.74 Å². The fourth-order valence-electron chi connectivity index (χ4n) is 0.946. The number of aromatic nitrogens is 2. The van der Waals surface area contributed by atoms with E-state index in [0.29, 0.717) is 13.2 Å². The molecule has 78 valence electrons. The summed E-state index contributed by atoms with van der Waals surface area (Å²) in [5.41, 5.74) is 5.42. The highest BCUT2D eigenvalue weighted by Crippen LogP contribution is 2.01. The van der Waals surface area contributed by atoms with Crippen LogP contribution < -0.4 is 11.1 Å². The van der Waals surface area contributed by atoms with Gasteiger partial charge in [-0.3, -0.25) is 0 Å². The molecule has 0 radical (unpaired) electrons. The van der Waals surface area contributed by atoms with E-state index in [9.17, 15) is 0 Å². The number of nitrogens with one attached hydrogen (secondary N) is 1. The van der Waals surface area contributed by atoms with Crippen molar-refractivity contribution in [3.05, 3.63) is 12.3 Å². The van der Waals surface area contributed by atoms with Crippen LogP contribution in [0, 0.1) is 0 Å². The normalized spacial score (nSPS) is 10.5. The molecule has 1 aromatic heterocycles. The van der Waals surface area contributed by atoms with Crippen LogP contribution in [0.1, 0.15) is 13.8 Å². The monoisotopic (exact) mass is 196 g/mol. The zero-order valence-electron chi connectivity index (χ0n) is 8.53. The molecular weight excluding hydrogens is 180 g/mol. The molecule has 1 aromatic rings. The Balaban J connectivity index is 2.25. The highest BCUT2D eigenvalue weighted by atomic mass is 16.5. The Hall–Kier alpha value is -1.36. The molecular formula is C9H16N4O. The first-order valence-corrected chi connectivity index (χ1v) is 4.62. The van der Waals surface area contributed by atoms with Gasteiger partial charge in [0, 0.05) is 12.7 Å². The Bertz CT molecular complexity index is 277. The highest BCUT2D eigenvalue weighted by Gasteiger charge is 1.95. The van der Waals surface area contributed by atoms with Gasteiger partial charge < -0.3 is 15.8 Å². The fourth-order valence-corrected chi connectivity index (χ4v) is 0.946. The summed E-state index contributed by atoms with van der Waals surface area (Å²) < 4.78 is 5.36. The van der Waals surface area contributed by atoms with Gasteiger partial charge in [0.2, 0.25) is 5.95 Å². The number of nitrogens with zero attached hydrogens (tertiary/aromatic N) is 2. The molecule has 0 fully saturated rings. The Morgan fingerprint density at radius 1 is 1.57 bits per heavy atom. The van der Waals surface area contributed by atoms with E-state index in [-0.39, 0.29) is 12.1 Å². The molecule has 0 aliphatic heterocycles. The first-order chi connectivity index (χ1) is 6.68. The van der Waals surface area contributed by atoms with Gasteiger partial charge in [-0.2, -0.15) is 4.98 Å². The molecule has 3 N–H and O–H groups in total. The Labute approximate surface area is 83.7 Å². The van der Waals surface area contributed by atoms with Crippen molar-refractivity contribution in [3.8, 4) is 0 Å². The largest absolute Gasteiger partial charge is 0.377 e. The Kier molecular flexibility index (Phi) is 4.12. The average molecular weight is 196 g/mol. The van der Waals surface area contributed by atoms with Crippen LogP contribution in [0.3, 0.4) is 0 Å². The van der Waals surface area contributed by atoms with Crippen LogP contribution in [0.4, 0.5) is 11.8 Å². The standard InChI is InChI=1S/C9H16N4O/c1-7(2)14-6-5-11-8-3-4-12-9(10)13-8/h3-4,7H,5-6H2,1-2H3,(H3,10,11,12,13). The van der Waals surface area contributed by atoms with Crippen molar-refractivity contribution in [2.75, 3.05) is 24.2 Å². The number of rotatable bonds is 5. The van der Waals surface area contributed by atoms with E-state index in [1.54, 1.807) is 12.3 Å². The number of ether oxygens (including phenoxy) is 1. The summed E-state index contributed by atoms with van der Waals surface area (Å²) in [6, 6.07) is 1.77. The minimum Gasteiger partial charge on any atom is -0.377 e. The molecule has 1 rings (SSSR count). The number of hydrogen-bond donors (Lipinski definition) is 2. The summed E-state index contributed by atoms with van der Waals surface area (Å²) in [6.45, 7) is 5.38. The van der Waals surface area contributed by atoms with E-state index in [2.05, 4.69) is 15.3 Å². The van der Waals surface area contributed by atoms with E-state index in [4.69, 9.17) is 10.5 Å². The second-order valence-corrected chi connectivity index (χ2v) is 3.15. The number of nitrogens with two attached hydrogens (primary N) is 1. The summed E-state index contributed by atoms with van der Waals surface area (Å²) in [6.07, 6.45) is 1.88. The van der Waals surface area contributed by atoms with Gasteiger partial charge in [0.25, 0.3) is 0 Å². The van der Waals surface area contributed by atoms with Gasteiger partial charge in [-0.05, 0) is 19.9 Å². The van der Waals surface area contributed by atoms with Gasteiger partial charge in [0.05, 0.1) is 12.7 Å². The quantitative estimate of drug-likeness (QED) is 0.684. The van der Waals surface area contributed by atoms with Crippen LogP contribution in [0.25, 0.3) is 0 Å². The minimum atomic E-state index is 0.257. The second kappa shape index (κ2) is 5.39. The van der Waals surface area contributed by atoms with Crippen LogP contribution in [-0.4, -0.2) is 29.2 Å². The Morgan fingerprint density at radius 2 is 2.36 bits per heavy atom. The topological polar surface area (TPSA) is 73.1 Å². The van der Waals surface area contributed by atoms with Crippen LogP contribution >= 0.6 is 0 Å². The van der Waals surface area contributed by atoms with Crippen LogP contribution in [0.2, 0.25) is 0 Å². The predicted octanol–water partition coefficient (Wildman–Crippen LogP) is 0.896. The van der Waals surface area contributed by atoms with Gasteiger partial charge >= 0.3 is 0 Å². The molecule has 0 amide bonds.